The van der Waals surface area contributed by atoms with Crippen molar-refractivity contribution in [2.24, 2.45) is 5.92 Å². The molecule has 1 N–H and O–H groups in total. The fourth-order valence-corrected chi connectivity index (χ4v) is 4.34. The maximum Gasteiger partial charge on any atom is 0.342 e. The Balaban J connectivity index is 1.45. The molecule has 2 amide bonds. The van der Waals surface area contributed by atoms with E-state index in [1.807, 2.05) is 23.1 Å². The number of benzene rings is 1. The van der Waals surface area contributed by atoms with Gasteiger partial charge in [-0.2, -0.15) is 0 Å². The van der Waals surface area contributed by atoms with Crippen molar-refractivity contribution >= 4 is 6.03 Å². The molecule has 0 spiro atoms. The maximum absolute atomic E-state index is 12.7. The first-order chi connectivity index (χ1) is 12.3. The number of carbonyl (C=O) groups is 1. The molecule has 1 aliphatic carbocycles. The van der Waals surface area contributed by atoms with Crippen molar-refractivity contribution in [2.45, 2.75) is 37.8 Å². The normalized spacial score (nSPS) is 25.0. The smallest absolute Gasteiger partial charge is 0.313 e. The number of hydrogen-bond acceptors (Lipinski definition) is 3. The van der Waals surface area contributed by atoms with Crippen LogP contribution in [0.5, 0.6) is 0 Å². The zero-order valence-electron chi connectivity index (χ0n) is 14.2. The summed E-state index contributed by atoms with van der Waals surface area (Å²) in [4.78, 5) is 24.1. The SMILES string of the molecule is O=C(NOCc1cccnc1)N1C[C@@H]2CCCC[C@]21c1ccccc1. The molecular formula is C20H23N3O2. The lowest BCUT2D eigenvalue weighted by Crippen LogP contribution is -2.69. The first-order valence-electron chi connectivity index (χ1n) is 8.94. The average molecular weight is 337 g/mol. The summed E-state index contributed by atoms with van der Waals surface area (Å²) in [6.07, 6.45) is 8.08. The summed E-state index contributed by atoms with van der Waals surface area (Å²) in [5, 5.41) is 0. The van der Waals surface area contributed by atoms with Gasteiger partial charge < -0.3 is 4.90 Å². The van der Waals surface area contributed by atoms with E-state index in [-0.39, 0.29) is 11.6 Å². The molecule has 5 heteroatoms. The molecule has 1 saturated carbocycles. The van der Waals surface area contributed by atoms with Gasteiger partial charge in [0.2, 0.25) is 0 Å². The Hall–Kier alpha value is -2.40. The van der Waals surface area contributed by atoms with E-state index in [0.29, 0.717) is 12.5 Å². The Morgan fingerprint density at radius 3 is 2.88 bits per heavy atom. The van der Waals surface area contributed by atoms with Gasteiger partial charge in [0.25, 0.3) is 0 Å². The van der Waals surface area contributed by atoms with Crippen LogP contribution in [0.2, 0.25) is 0 Å². The van der Waals surface area contributed by atoms with Gasteiger partial charge in [0, 0.05) is 24.9 Å². The topological polar surface area (TPSA) is 54.5 Å². The number of amides is 2. The summed E-state index contributed by atoms with van der Waals surface area (Å²) in [5.74, 6) is 0.549. The minimum Gasteiger partial charge on any atom is -0.313 e. The van der Waals surface area contributed by atoms with E-state index in [1.165, 1.54) is 18.4 Å². The summed E-state index contributed by atoms with van der Waals surface area (Å²) in [6.45, 7) is 1.12. The van der Waals surface area contributed by atoms with Crippen LogP contribution in [0.1, 0.15) is 36.8 Å². The monoisotopic (exact) mass is 337 g/mol. The first-order valence-corrected chi connectivity index (χ1v) is 8.94. The summed E-state index contributed by atoms with van der Waals surface area (Å²) in [5.41, 5.74) is 4.63. The lowest BCUT2D eigenvalue weighted by molar-refractivity contribution is -0.0926. The van der Waals surface area contributed by atoms with Gasteiger partial charge in [-0.25, -0.2) is 10.3 Å². The number of urea groups is 1. The molecule has 0 bridgehead atoms. The Morgan fingerprint density at radius 1 is 1.24 bits per heavy atom. The van der Waals surface area contributed by atoms with Crippen molar-refractivity contribution in [3.63, 3.8) is 0 Å². The molecule has 2 atom stereocenters. The van der Waals surface area contributed by atoms with Crippen LogP contribution in [0.3, 0.4) is 0 Å². The van der Waals surface area contributed by atoms with E-state index in [4.69, 9.17) is 4.84 Å². The Labute approximate surface area is 148 Å². The molecular weight excluding hydrogens is 314 g/mol. The summed E-state index contributed by atoms with van der Waals surface area (Å²) < 4.78 is 0. The highest BCUT2D eigenvalue weighted by molar-refractivity contribution is 5.76. The van der Waals surface area contributed by atoms with Crippen LogP contribution < -0.4 is 5.48 Å². The molecule has 4 rings (SSSR count). The van der Waals surface area contributed by atoms with Crippen LogP contribution in [0.25, 0.3) is 0 Å². The molecule has 2 fully saturated rings. The number of aromatic nitrogens is 1. The lowest BCUT2D eigenvalue weighted by atomic mass is 9.62. The van der Waals surface area contributed by atoms with E-state index >= 15 is 0 Å². The Morgan fingerprint density at radius 2 is 2.12 bits per heavy atom. The van der Waals surface area contributed by atoms with Gasteiger partial charge in [0.05, 0.1) is 5.54 Å². The van der Waals surface area contributed by atoms with Crippen molar-refractivity contribution in [3.05, 3.63) is 66.0 Å². The van der Waals surface area contributed by atoms with Crippen molar-refractivity contribution in [1.82, 2.24) is 15.4 Å². The maximum atomic E-state index is 12.7. The zero-order chi connectivity index (χ0) is 17.1. The predicted molar refractivity (Wildman–Crippen MR) is 94.3 cm³/mol. The number of pyridine rings is 1. The average Bonchev–Trinajstić information content (AvgIpc) is 2.64. The zero-order valence-corrected chi connectivity index (χ0v) is 14.2. The van der Waals surface area contributed by atoms with Gasteiger partial charge in [-0.1, -0.05) is 49.2 Å². The fourth-order valence-electron chi connectivity index (χ4n) is 4.34. The standard InChI is InChI=1S/C20H23N3O2/c24-19(22-25-15-16-7-6-12-21-13-16)23-14-18-10-4-5-11-20(18,23)17-8-2-1-3-9-17/h1-3,6-9,12-13,18H,4-5,10-11,14-15H2,(H,22,24)/t18-,20-/m0/s1. The lowest BCUT2D eigenvalue weighted by Gasteiger charge is -2.61. The summed E-state index contributed by atoms with van der Waals surface area (Å²) in [7, 11) is 0. The molecule has 2 aromatic rings. The third-order valence-electron chi connectivity index (χ3n) is 5.56. The summed E-state index contributed by atoms with van der Waals surface area (Å²) in [6, 6.07) is 14.1. The fraction of sp³-hybridized carbons (Fsp3) is 0.400. The van der Waals surface area contributed by atoms with Gasteiger partial charge in [-0.15, -0.1) is 0 Å². The molecule has 1 aromatic heterocycles. The third kappa shape index (κ3) is 2.89. The summed E-state index contributed by atoms with van der Waals surface area (Å²) >= 11 is 0. The minimum atomic E-state index is -0.165. The van der Waals surface area contributed by atoms with Gasteiger partial charge in [-0.3, -0.25) is 9.82 Å². The molecule has 1 saturated heterocycles. The first kappa shape index (κ1) is 16.1. The number of likely N-dealkylation sites (tertiary alicyclic amines) is 1. The van der Waals surface area contributed by atoms with Crippen LogP contribution in [-0.2, 0) is 17.0 Å². The second kappa shape index (κ2) is 6.84. The second-order valence-corrected chi connectivity index (χ2v) is 6.90. The number of rotatable bonds is 4. The highest BCUT2D eigenvalue weighted by atomic mass is 16.7. The molecule has 2 heterocycles. The number of carbonyl (C=O) groups excluding carboxylic acids is 1. The largest absolute Gasteiger partial charge is 0.342 e. The van der Waals surface area contributed by atoms with E-state index in [0.717, 1.165) is 24.9 Å². The van der Waals surface area contributed by atoms with Gasteiger partial charge in [0.1, 0.15) is 6.61 Å². The van der Waals surface area contributed by atoms with Gasteiger partial charge in [0.15, 0.2) is 0 Å². The second-order valence-electron chi connectivity index (χ2n) is 6.90. The van der Waals surface area contributed by atoms with Crippen molar-refractivity contribution in [2.75, 3.05) is 6.54 Å². The van der Waals surface area contributed by atoms with E-state index < -0.39 is 0 Å². The van der Waals surface area contributed by atoms with Gasteiger partial charge in [-0.05, 0) is 30.0 Å². The van der Waals surface area contributed by atoms with Crippen molar-refractivity contribution in [1.29, 1.82) is 0 Å². The molecule has 25 heavy (non-hydrogen) atoms. The Bertz CT molecular complexity index is 722. The van der Waals surface area contributed by atoms with Gasteiger partial charge >= 0.3 is 6.03 Å². The van der Waals surface area contributed by atoms with Crippen LogP contribution in [0.4, 0.5) is 4.79 Å². The number of nitrogens with one attached hydrogen (secondary N) is 1. The molecule has 1 aliphatic heterocycles. The Kier molecular flexibility index (Phi) is 4.40. The van der Waals surface area contributed by atoms with E-state index in [2.05, 4.69) is 34.7 Å². The highest BCUT2D eigenvalue weighted by Crippen LogP contribution is 2.53. The van der Waals surface area contributed by atoms with Crippen LogP contribution in [-0.4, -0.2) is 22.5 Å². The number of nitrogens with zero attached hydrogens (tertiary/aromatic N) is 2. The number of fused-ring (bicyclic) bond motifs is 1. The predicted octanol–water partition coefficient (Wildman–Crippen LogP) is 3.62. The molecule has 2 aliphatic rings. The third-order valence-corrected chi connectivity index (χ3v) is 5.56. The molecule has 5 nitrogen and oxygen atoms in total. The molecule has 1 aromatic carbocycles. The highest BCUT2D eigenvalue weighted by Gasteiger charge is 2.57. The van der Waals surface area contributed by atoms with Crippen molar-refractivity contribution in [3.8, 4) is 0 Å². The van der Waals surface area contributed by atoms with Crippen molar-refractivity contribution < 1.29 is 9.63 Å². The van der Waals surface area contributed by atoms with Crippen LogP contribution >= 0.6 is 0 Å². The number of hydrogen-bond donors (Lipinski definition) is 1. The molecule has 0 unspecified atom stereocenters. The minimum absolute atomic E-state index is 0.147. The molecule has 130 valence electrons. The quantitative estimate of drug-likeness (QED) is 0.867. The number of hydroxylamine groups is 1. The van der Waals surface area contributed by atoms with E-state index in [1.54, 1.807) is 12.4 Å². The van der Waals surface area contributed by atoms with E-state index in [9.17, 15) is 4.79 Å². The van der Waals surface area contributed by atoms with Crippen LogP contribution in [0.15, 0.2) is 54.9 Å². The van der Waals surface area contributed by atoms with Crippen LogP contribution in [0, 0.1) is 5.92 Å². The molecule has 0 radical (unpaired) electrons.